The SMILES string of the molecule is CCN1c2cc(S(=O)(=O)O)ccc2\C(=C/C=C/C=C/C2=[N+](CC)c3ccc(S(=O)(=O)[O-])cc3C2(C)C)C1(C)CCCC(=O)NCCCC[C@H](NC(=O)CCCCCCCCOc1nc2cc(C(=O)O)ccc2c2cnccc12)C(=O)N[C@@H](CC(=O)O)C(=O)N[C@@H](CC(=O)O)C(=O)N[C@@H](CC(=O)O)C(=O)N[C@@H](CC(=O)O)C(=O)O. The number of carbonyl (C=O) groups excluding carboxylic acids is 6. The normalized spacial score (nSPS) is 16.2. The van der Waals surface area contributed by atoms with Crippen molar-refractivity contribution in [1.82, 2.24) is 41.9 Å². The van der Waals surface area contributed by atoms with Crippen LogP contribution in [0.4, 0.5) is 11.4 Å². The number of aliphatic carboxylic acids is 5. The summed E-state index contributed by atoms with van der Waals surface area (Å²) >= 11 is 0. The number of anilines is 1. The summed E-state index contributed by atoms with van der Waals surface area (Å²) in [4.78, 5) is 163. The number of rotatable bonds is 45. The highest BCUT2D eigenvalue weighted by Crippen LogP contribution is 2.50. The van der Waals surface area contributed by atoms with Gasteiger partial charge in [-0.15, -0.1) is 0 Å². The highest BCUT2D eigenvalue weighted by molar-refractivity contribution is 7.86. The van der Waals surface area contributed by atoms with Gasteiger partial charge in [-0.25, -0.2) is 23.0 Å². The largest absolute Gasteiger partial charge is 0.744 e. The maximum atomic E-state index is 14.3. The lowest BCUT2D eigenvalue weighted by molar-refractivity contribution is -0.433. The molecule has 35 nitrogen and oxygen atoms in total. The molecule has 3 aromatic carbocycles. The van der Waals surface area contributed by atoms with E-state index in [1.807, 2.05) is 73.0 Å². The van der Waals surface area contributed by atoms with Crippen molar-refractivity contribution >= 4 is 136 Å². The summed E-state index contributed by atoms with van der Waals surface area (Å²) in [6.45, 7) is 10.8. The Balaban J connectivity index is 1.00. The van der Waals surface area contributed by atoms with Crippen molar-refractivity contribution in [2.24, 2.45) is 0 Å². The molecule has 13 N–H and O–H groups in total. The van der Waals surface area contributed by atoms with Crippen LogP contribution < -0.4 is 41.5 Å². The number of benzene rings is 3. The topological polar surface area (TPSA) is 551 Å². The average Bonchev–Trinajstić information content (AvgIpc) is 1.60. The third-order valence-corrected chi connectivity index (χ3v) is 21.1. The number of aromatic nitrogens is 2. The second-order valence-electron chi connectivity index (χ2n) is 27.8. The van der Waals surface area contributed by atoms with E-state index in [1.165, 1.54) is 36.4 Å². The van der Waals surface area contributed by atoms with E-state index in [0.717, 1.165) is 28.8 Å². The van der Waals surface area contributed by atoms with E-state index in [1.54, 1.807) is 54.1 Å². The Morgan fingerprint density at radius 2 is 1.18 bits per heavy atom. The van der Waals surface area contributed by atoms with Crippen molar-refractivity contribution in [2.75, 3.05) is 31.1 Å². The summed E-state index contributed by atoms with van der Waals surface area (Å²) in [5.41, 5.74) is 3.12. The number of carboxylic acids is 6. The average molecular weight is 1610 g/mol. The molecule has 5 aromatic rings. The molecule has 608 valence electrons. The van der Waals surface area contributed by atoms with E-state index in [2.05, 4.69) is 25.9 Å². The first kappa shape index (κ1) is 88.6. The molecular weight excluding hydrogens is 1520 g/mol. The highest BCUT2D eigenvalue weighted by atomic mass is 32.2. The summed E-state index contributed by atoms with van der Waals surface area (Å²) in [5.74, 6) is -16.3. The van der Waals surface area contributed by atoms with Crippen LogP contribution in [-0.2, 0) is 78.4 Å². The Hall–Kier alpha value is -11.6. The molecular formula is C76H92N10O25S2. The van der Waals surface area contributed by atoms with Gasteiger partial charge in [-0.1, -0.05) is 62.1 Å². The van der Waals surface area contributed by atoms with Gasteiger partial charge in [0.25, 0.3) is 10.1 Å². The van der Waals surface area contributed by atoms with Crippen molar-refractivity contribution in [1.29, 1.82) is 0 Å². The Bertz CT molecular complexity index is 4870. The molecule has 6 atom stereocenters. The number of unbranched alkanes of at least 4 members (excludes halogenated alkanes) is 6. The fourth-order valence-electron chi connectivity index (χ4n) is 13.8. The summed E-state index contributed by atoms with van der Waals surface area (Å²) in [6.07, 6.45) is 11.6. The van der Waals surface area contributed by atoms with Crippen molar-refractivity contribution in [2.45, 2.75) is 195 Å². The molecule has 0 saturated carbocycles. The number of likely N-dealkylation sites (N-methyl/N-ethyl adjacent to an activating group) is 1. The predicted molar refractivity (Wildman–Crippen MR) is 406 cm³/mol. The van der Waals surface area contributed by atoms with Gasteiger partial charge in [-0.3, -0.25) is 57.5 Å². The molecule has 37 heteroatoms. The van der Waals surface area contributed by atoms with Crippen LogP contribution in [-0.4, -0.2) is 210 Å². The van der Waals surface area contributed by atoms with Crippen molar-refractivity contribution in [3.05, 3.63) is 120 Å². The zero-order chi connectivity index (χ0) is 83.3. The van der Waals surface area contributed by atoms with Crippen LogP contribution in [0.2, 0.25) is 0 Å². The van der Waals surface area contributed by atoms with Crippen LogP contribution >= 0.6 is 0 Å². The maximum Gasteiger partial charge on any atom is 0.335 e. The van der Waals surface area contributed by atoms with Gasteiger partial charge in [-0.2, -0.15) is 13.0 Å². The van der Waals surface area contributed by atoms with Crippen molar-refractivity contribution in [3.8, 4) is 5.88 Å². The number of carboxylic acid groups (broad SMARTS) is 6. The number of amides is 6. The molecule has 7 rings (SSSR count). The summed E-state index contributed by atoms with van der Waals surface area (Å²) in [7, 11) is -9.36. The van der Waals surface area contributed by atoms with Gasteiger partial charge in [0.05, 0.1) is 64.1 Å². The summed E-state index contributed by atoms with van der Waals surface area (Å²) in [5, 5.41) is 72.8. The number of hydrogen-bond acceptors (Lipinski definition) is 21. The number of aromatic carboxylic acids is 1. The van der Waals surface area contributed by atoms with Gasteiger partial charge in [-0.05, 0) is 128 Å². The molecule has 2 aliphatic rings. The van der Waals surface area contributed by atoms with Gasteiger partial charge in [0.15, 0.2) is 5.71 Å². The first-order valence-corrected chi connectivity index (χ1v) is 39.3. The van der Waals surface area contributed by atoms with Crippen molar-refractivity contribution < 1.29 is 123 Å². The Morgan fingerprint density at radius 1 is 0.602 bits per heavy atom. The number of ether oxygens (including phenoxy) is 1. The number of nitrogens with one attached hydrogen (secondary N) is 6. The maximum absolute atomic E-state index is 14.3. The molecule has 1 unspecified atom stereocenters. The second kappa shape index (κ2) is 39.6. The minimum absolute atomic E-state index is 0.00474. The van der Waals surface area contributed by atoms with E-state index in [4.69, 9.17) is 9.84 Å². The number of fused-ring (bicyclic) bond motifs is 5. The minimum atomic E-state index is -4.73. The molecule has 0 saturated heterocycles. The van der Waals surface area contributed by atoms with E-state index >= 15 is 0 Å². The van der Waals surface area contributed by atoms with E-state index in [0.29, 0.717) is 97.0 Å². The number of allylic oxidation sites excluding steroid dienone is 5. The molecule has 6 amide bonds. The molecule has 113 heavy (non-hydrogen) atoms. The smallest absolute Gasteiger partial charge is 0.335 e. The fourth-order valence-corrected chi connectivity index (χ4v) is 14.8. The standard InChI is InChI=1S/C76H92N10O25S2/c1-6-85-59-30-27-45(112(105,106)107)37-52(59)75(3,4)61(85)22-14-12-13-20-51-49-29-26-46(113(108,109)110)38-60(49)86(7-2)76(51,5)32-19-24-62(87)78-33-17-16-21-53(79-63(88)23-15-10-8-9-11-18-35-111-72-48-31-34-77-43-50(48)47-28-25-44(73(101)102)36-54(47)84-72)68(97)80-55(39-64(89)90)69(98)81-56(40-65(91)92)70(99)82-57(41-66(93)94)71(100)83-58(74(103)104)42-67(95)96/h12-14,20,22,25-31,34,36-38,43,53,55-58H,6-11,15-19,21,23-24,32-33,35,39-42H2,1-5H3,(H13-,78,79,80,81,82,83,87,88,89,90,91,92,93,94,95,96,97,98,99,100,101,102,103,104,105,106,107,108,109,110)/t53-,55-,56-,57-,58-,76?/m0/s1. The van der Waals surface area contributed by atoms with Crippen LogP contribution in [0.1, 0.15) is 165 Å². The molecule has 0 bridgehead atoms. The fraction of sp³-hybridized carbons (Fsp3) is 0.434. The molecule has 0 fully saturated rings. The zero-order valence-electron chi connectivity index (χ0n) is 62.6. The van der Waals surface area contributed by atoms with Crippen LogP contribution in [0.15, 0.2) is 113 Å². The third-order valence-electron chi connectivity index (χ3n) is 19.4. The first-order valence-electron chi connectivity index (χ1n) is 36.4. The Morgan fingerprint density at radius 3 is 1.75 bits per heavy atom. The van der Waals surface area contributed by atoms with E-state index in [-0.39, 0.29) is 66.5 Å². The van der Waals surface area contributed by atoms with E-state index in [9.17, 15) is 109 Å². The molecule has 0 spiro atoms. The number of carbonyl (C=O) groups is 12. The quantitative estimate of drug-likeness (QED) is 0.00752. The van der Waals surface area contributed by atoms with Gasteiger partial charge < -0.3 is 76.7 Å². The van der Waals surface area contributed by atoms with Gasteiger partial charge in [0.1, 0.15) is 46.9 Å². The first-order chi connectivity index (χ1) is 53.3. The second-order valence-corrected chi connectivity index (χ2v) is 30.6. The number of hydrogen-bond donors (Lipinski definition) is 13. The molecule has 2 aliphatic heterocycles. The van der Waals surface area contributed by atoms with Crippen LogP contribution in [0.25, 0.3) is 27.2 Å². The summed E-state index contributed by atoms with van der Waals surface area (Å²) in [6, 6.07) is 4.71. The Labute approximate surface area is 649 Å². The Kier molecular flexibility index (Phi) is 31.0. The molecule has 2 aromatic heterocycles. The monoisotopic (exact) mass is 1610 g/mol. The number of nitrogens with zero attached hydrogens (tertiary/aromatic N) is 4. The molecule has 0 aliphatic carbocycles. The lowest BCUT2D eigenvalue weighted by Crippen LogP contribution is -2.59. The summed E-state index contributed by atoms with van der Waals surface area (Å²) < 4.78 is 78.9. The van der Waals surface area contributed by atoms with Crippen molar-refractivity contribution in [3.63, 3.8) is 0 Å². The number of pyridine rings is 2. The third kappa shape index (κ3) is 24.0. The van der Waals surface area contributed by atoms with E-state index < -0.39 is 152 Å². The van der Waals surface area contributed by atoms with Crippen LogP contribution in [0.5, 0.6) is 5.88 Å². The lowest BCUT2D eigenvalue weighted by Gasteiger charge is -2.38. The highest BCUT2D eigenvalue weighted by Gasteiger charge is 2.46. The van der Waals surface area contributed by atoms with Gasteiger partial charge in [0.2, 0.25) is 47.0 Å². The van der Waals surface area contributed by atoms with Crippen LogP contribution in [0.3, 0.4) is 0 Å². The zero-order valence-corrected chi connectivity index (χ0v) is 64.3. The van der Waals surface area contributed by atoms with Crippen LogP contribution in [0, 0.1) is 0 Å². The molecule has 4 heterocycles. The lowest BCUT2D eigenvalue weighted by atomic mass is 9.81. The van der Waals surface area contributed by atoms with Gasteiger partial charge >= 0.3 is 35.8 Å². The predicted octanol–water partition coefficient (Wildman–Crippen LogP) is 5.50. The van der Waals surface area contributed by atoms with Gasteiger partial charge in [0, 0.05) is 83.4 Å². The minimum Gasteiger partial charge on any atom is -0.744 e. The molecule has 0 radical (unpaired) electrons.